The SMILES string of the molecule is CN(C)C[C@@H]1CCCN(c2c(NC(=O)c3csc(-c4ccnnc4)n3)ccc(Oc3ccccc3)c2C(F)(F)F)C1. The molecule has 5 rings (SSSR count). The van der Waals surface area contributed by atoms with Gasteiger partial charge in [-0.15, -0.1) is 11.3 Å². The molecule has 1 amide bonds. The van der Waals surface area contributed by atoms with Crippen LogP contribution in [0.5, 0.6) is 11.5 Å². The molecule has 0 bridgehead atoms. The lowest BCUT2D eigenvalue weighted by Gasteiger charge is -2.38. The summed E-state index contributed by atoms with van der Waals surface area (Å²) < 4.78 is 50.3. The van der Waals surface area contributed by atoms with Crippen LogP contribution in [0.2, 0.25) is 0 Å². The number of ether oxygens (including phenoxy) is 1. The van der Waals surface area contributed by atoms with Gasteiger partial charge in [0.15, 0.2) is 0 Å². The molecular weight excluding hydrogens is 553 g/mol. The molecule has 1 N–H and O–H groups in total. The molecule has 0 aliphatic carbocycles. The fourth-order valence-corrected chi connectivity index (χ4v) is 5.82. The number of anilines is 2. The van der Waals surface area contributed by atoms with Crippen molar-refractivity contribution in [2.45, 2.75) is 19.0 Å². The summed E-state index contributed by atoms with van der Waals surface area (Å²) in [5.41, 5.74) is -0.196. The van der Waals surface area contributed by atoms with Crippen LogP contribution in [0.1, 0.15) is 28.9 Å². The minimum absolute atomic E-state index is 0.0494. The van der Waals surface area contributed by atoms with Gasteiger partial charge in [-0.1, -0.05) is 18.2 Å². The van der Waals surface area contributed by atoms with Crippen LogP contribution in [-0.4, -0.2) is 59.7 Å². The van der Waals surface area contributed by atoms with Gasteiger partial charge >= 0.3 is 6.18 Å². The number of carbonyl (C=O) groups is 1. The number of para-hydroxylation sites is 1. The molecule has 4 aromatic rings. The second kappa shape index (κ2) is 12.2. The third-order valence-corrected chi connectivity index (χ3v) is 7.56. The Morgan fingerprint density at radius 2 is 1.95 bits per heavy atom. The normalized spacial score (nSPS) is 15.7. The maximum absolute atomic E-state index is 14.9. The number of amides is 1. The first kappa shape index (κ1) is 28.5. The molecular formula is C29H29F3N6O2S. The zero-order valence-corrected chi connectivity index (χ0v) is 23.4. The van der Waals surface area contributed by atoms with Gasteiger partial charge in [0.2, 0.25) is 0 Å². The van der Waals surface area contributed by atoms with Crippen molar-refractivity contribution in [3.63, 3.8) is 0 Å². The minimum Gasteiger partial charge on any atom is -0.457 e. The van der Waals surface area contributed by atoms with Crippen molar-refractivity contribution in [1.82, 2.24) is 20.1 Å². The minimum atomic E-state index is -4.75. The van der Waals surface area contributed by atoms with E-state index in [9.17, 15) is 18.0 Å². The maximum atomic E-state index is 14.9. The van der Waals surface area contributed by atoms with E-state index in [-0.39, 0.29) is 34.5 Å². The Bertz CT molecular complexity index is 1480. The average Bonchev–Trinajstić information content (AvgIpc) is 3.45. The van der Waals surface area contributed by atoms with E-state index in [1.807, 2.05) is 19.0 Å². The fourth-order valence-electron chi connectivity index (χ4n) is 5.02. The van der Waals surface area contributed by atoms with E-state index in [4.69, 9.17) is 4.74 Å². The highest BCUT2D eigenvalue weighted by molar-refractivity contribution is 7.13. The number of rotatable bonds is 8. The Morgan fingerprint density at radius 3 is 2.66 bits per heavy atom. The fraction of sp³-hybridized carbons (Fsp3) is 0.310. The topological polar surface area (TPSA) is 83.5 Å². The first-order valence-electron chi connectivity index (χ1n) is 13.1. The standard InChI is InChI=1S/C29H29F3N6O2S/c1-37(2)16-19-7-6-14-38(17-19)26-22(35-27(39)23-18-41-28(36-23)20-12-13-33-34-15-20)10-11-24(25(26)29(30,31)32)40-21-8-4-3-5-9-21/h3-5,8-13,15,18-19H,6-7,14,16-17H2,1-2H3,(H,35,39)/t19-/m0/s1. The second-order valence-electron chi connectivity index (χ2n) is 10.1. The first-order chi connectivity index (χ1) is 19.7. The van der Waals surface area contributed by atoms with Crippen LogP contribution in [0, 0.1) is 5.92 Å². The van der Waals surface area contributed by atoms with Gasteiger partial charge in [0.25, 0.3) is 5.91 Å². The van der Waals surface area contributed by atoms with Gasteiger partial charge in [-0.25, -0.2) is 4.98 Å². The lowest BCUT2D eigenvalue weighted by Crippen LogP contribution is -2.40. The molecule has 0 unspecified atom stereocenters. The molecule has 1 atom stereocenters. The van der Waals surface area contributed by atoms with Crippen molar-refractivity contribution in [3.8, 4) is 22.1 Å². The lowest BCUT2D eigenvalue weighted by atomic mass is 9.95. The maximum Gasteiger partial charge on any atom is 0.422 e. The third kappa shape index (κ3) is 6.83. The summed E-state index contributed by atoms with van der Waals surface area (Å²) in [6.45, 7) is 1.57. The molecule has 0 saturated carbocycles. The van der Waals surface area contributed by atoms with Crippen LogP contribution in [0.25, 0.3) is 10.6 Å². The van der Waals surface area contributed by atoms with Gasteiger partial charge in [0.1, 0.15) is 27.8 Å². The van der Waals surface area contributed by atoms with Crippen molar-refractivity contribution in [2.24, 2.45) is 5.92 Å². The number of nitrogens with zero attached hydrogens (tertiary/aromatic N) is 5. The Balaban J connectivity index is 1.54. The summed E-state index contributed by atoms with van der Waals surface area (Å²) in [4.78, 5) is 21.5. The number of benzene rings is 2. The molecule has 0 radical (unpaired) electrons. The summed E-state index contributed by atoms with van der Waals surface area (Å²) in [6, 6.07) is 12.8. The third-order valence-electron chi connectivity index (χ3n) is 6.67. The number of halogens is 3. The molecule has 12 heteroatoms. The molecule has 1 aliphatic heterocycles. The number of aromatic nitrogens is 3. The quantitative estimate of drug-likeness (QED) is 0.256. The summed E-state index contributed by atoms with van der Waals surface area (Å²) in [5.74, 6) is -0.488. The van der Waals surface area contributed by atoms with Crippen molar-refractivity contribution in [3.05, 3.63) is 77.6 Å². The van der Waals surface area contributed by atoms with Crippen molar-refractivity contribution < 1.29 is 22.7 Å². The largest absolute Gasteiger partial charge is 0.457 e. The van der Waals surface area contributed by atoms with E-state index in [0.29, 0.717) is 23.7 Å². The van der Waals surface area contributed by atoms with Gasteiger partial charge in [0.05, 0.1) is 23.8 Å². The van der Waals surface area contributed by atoms with E-state index in [0.717, 1.165) is 19.4 Å². The second-order valence-corrected chi connectivity index (χ2v) is 10.9. The molecule has 2 aromatic carbocycles. The number of hydrogen-bond acceptors (Lipinski definition) is 8. The highest BCUT2D eigenvalue weighted by Gasteiger charge is 2.41. The highest BCUT2D eigenvalue weighted by Crippen LogP contribution is 2.48. The smallest absolute Gasteiger partial charge is 0.422 e. The van der Waals surface area contributed by atoms with Crippen molar-refractivity contribution in [1.29, 1.82) is 0 Å². The number of nitrogens with one attached hydrogen (secondary N) is 1. The van der Waals surface area contributed by atoms with E-state index in [2.05, 4.69) is 20.5 Å². The molecule has 41 heavy (non-hydrogen) atoms. The van der Waals surface area contributed by atoms with E-state index in [1.165, 1.54) is 35.9 Å². The Hall–Kier alpha value is -4.03. The molecule has 1 saturated heterocycles. The molecule has 8 nitrogen and oxygen atoms in total. The summed E-state index contributed by atoms with van der Waals surface area (Å²) in [6.07, 6.45) is -0.0779. The molecule has 2 aromatic heterocycles. The van der Waals surface area contributed by atoms with E-state index in [1.54, 1.807) is 46.7 Å². The number of piperidine rings is 1. The summed E-state index contributed by atoms with van der Waals surface area (Å²) in [5, 5.41) is 12.4. The highest BCUT2D eigenvalue weighted by atomic mass is 32.1. The Morgan fingerprint density at radius 1 is 1.15 bits per heavy atom. The molecule has 3 heterocycles. The number of thiazole rings is 1. The Kier molecular flexibility index (Phi) is 8.50. The summed E-state index contributed by atoms with van der Waals surface area (Å²) >= 11 is 1.24. The lowest BCUT2D eigenvalue weighted by molar-refractivity contribution is -0.138. The zero-order valence-electron chi connectivity index (χ0n) is 22.6. The predicted octanol–water partition coefficient (Wildman–Crippen LogP) is 6.44. The zero-order chi connectivity index (χ0) is 29.0. The molecule has 214 valence electrons. The number of alkyl halides is 3. The monoisotopic (exact) mass is 582 g/mol. The van der Waals surface area contributed by atoms with Crippen LogP contribution < -0.4 is 15.0 Å². The predicted molar refractivity (Wildman–Crippen MR) is 153 cm³/mol. The molecule has 1 fully saturated rings. The van der Waals surface area contributed by atoms with Gasteiger partial charge in [-0.2, -0.15) is 23.4 Å². The van der Waals surface area contributed by atoms with Gasteiger partial charge in [0, 0.05) is 30.6 Å². The van der Waals surface area contributed by atoms with Crippen LogP contribution >= 0.6 is 11.3 Å². The van der Waals surface area contributed by atoms with Crippen molar-refractivity contribution >= 4 is 28.6 Å². The number of carbonyl (C=O) groups excluding carboxylic acids is 1. The van der Waals surface area contributed by atoms with E-state index < -0.39 is 17.6 Å². The Labute approximate surface area is 239 Å². The van der Waals surface area contributed by atoms with Crippen LogP contribution in [0.4, 0.5) is 24.5 Å². The van der Waals surface area contributed by atoms with Crippen LogP contribution in [0.3, 0.4) is 0 Å². The average molecular weight is 583 g/mol. The van der Waals surface area contributed by atoms with E-state index >= 15 is 0 Å². The van der Waals surface area contributed by atoms with Crippen molar-refractivity contribution in [2.75, 3.05) is 43.9 Å². The summed E-state index contributed by atoms with van der Waals surface area (Å²) in [7, 11) is 3.90. The van der Waals surface area contributed by atoms with Gasteiger partial charge in [-0.3, -0.25) is 4.79 Å². The number of hydrogen-bond donors (Lipinski definition) is 1. The van der Waals surface area contributed by atoms with Crippen LogP contribution in [0.15, 0.2) is 66.3 Å². The first-order valence-corrected chi connectivity index (χ1v) is 14.0. The molecule has 0 spiro atoms. The van der Waals surface area contributed by atoms with Crippen LogP contribution in [-0.2, 0) is 6.18 Å². The molecule has 1 aliphatic rings. The van der Waals surface area contributed by atoms with Gasteiger partial charge < -0.3 is 19.9 Å². The van der Waals surface area contributed by atoms with Gasteiger partial charge in [-0.05, 0) is 63.2 Å².